The third-order valence-corrected chi connectivity index (χ3v) is 5.87. The molecular weight excluding hydrogens is 414 g/mol. The number of nitrogens with one attached hydrogen (secondary N) is 3. The zero-order chi connectivity index (χ0) is 23.2. The summed E-state index contributed by atoms with van der Waals surface area (Å²) in [7, 11) is 3.64. The largest absolute Gasteiger partial charge is 0.497 e. The molecule has 4 rings (SSSR count). The monoisotopic (exact) mass is 445 g/mol. The SMILES string of the molecule is COc1ccc(CN=C(NCCc2c(C)[nH]c3ccccc23)NCc2nnc(C)n2C)cc1. The lowest BCUT2D eigenvalue weighted by Gasteiger charge is -2.13. The van der Waals surface area contributed by atoms with Gasteiger partial charge in [-0.1, -0.05) is 30.3 Å². The van der Waals surface area contributed by atoms with Crippen molar-refractivity contribution in [3.63, 3.8) is 0 Å². The van der Waals surface area contributed by atoms with Crippen LogP contribution < -0.4 is 15.4 Å². The summed E-state index contributed by atoms with van der Waals surface area (Å²) in [6.45, 7) is 5.93. The lowest BCUT2D eigenvalue weighted by atomic mass is 10.1. The van der Waals surface area contributed by atoms with E-state index < -0.39 is 0 Å². The summed E-state index contributed by atoms with van der Waals surface area (Å²) in [5, 5.41) is 16.5. The number of aliphatic imine (C=N–C) groups is 1. The molecule has 0 saturated heterocycles. The standard InChI is InChI=1S/C25H31N7O/c1-17-21(22-7-5-6-8-23(22)29-17)13-14-26-25(28-16-24-31-30-18(2)32(24)3)27-15-19-9-11-20(33-4)12-10-19/h5-12,29H,13-16H2,1-4H3,(H2,26,27,28). The second kappa shape index (κ2) is 10.2. The molecule has 0 spiro atoms. The molecule has 0 radical (unpaired) electrons. The van der Waals surface area contributed by atoms with Crippen molar-refractivity contribution in [2.75, 3.05) is 13.7 Å². The highest BCUT2D eigenvalue weighted by Crippen LogP contribution is 2.21. The maximum Gasteiger partial charge on any atom is 0.191 e. The van der Waals surface area contributed by atoms with Gasteiger partial charge in [0.25, 0.3) is 0 Å². The number of aromatic amines is 1. The molecule has 0 unspecified atom stereocenters. The third kappa shape index (κ3) is 5.34. The molecule has 2 aromatic heterocycles. The van der Waals surface area contributed by atoms with Gasteiger partial charge < -0.3 is 24.9 Å². The summed E-state index contributed by atoms with van der Waals surface area (Å²) in [6.07, 6.45) is 0.891. The average Bonchev–Trinajstić information content (AvgIpc) is 3.33. The number of ether oxygens (including phenoxy) is 1. The Hall–Kier alpha value is -3.81. The summed E-state index contributed by atoms with van der Waals surface area (Å²) in [6, 6.07) is 16.4. The molecule has 0 aliphatic heterocycles. The molecule has 0 amide bonds. The molecule has 33 heavy (non-hydrogen) atoms. The average molecular weight is 446 g/mol. The maximum atomic E-state index is 5.25. The Morgan fingerprint density at radius 1 is 1.06 bits per heavy atom. The topological polar surface area (TPSA) is 92.2 Å². The van der Waals surface area contributed by atoms with Gasteiger partial charge >= 0.3 is 0 Å². The van der Waals surface area contributed by atoms with Gasteiger partial charge in [-0.2, -0.15) is 0 Å². The number of aromatic nitrogens is 4. The van der Waals surface area contributed by atoms with E-state index >= 15 is 0 Å². The number of guanidine groups is 1. The molecule has 0 aliphatic rings. The molecule has 8 heteroatoms. The lowest BCUT2D eigenvalue weighted by Crippen LogP contribution is -2.38. The minimum atomic E-state index is 0.540. The highest BCUT2D eigenvalue weighted by Gasteiger charge is 2.09. The van der Waals surface area contributed by atoms with Gasteiger partial charge in [0.05, 0.1) is 20.2 Å². The van der Waals surface area contributed by atoms with Crippen LogP contribution >= 0.6 is 0 Å². The van der Waals surface area contributed by atoms with Crippen LogP contribution in [0.2, 0.25) is 0 Å². The van der Waals surface area contributed by atoms with Crippen LogP contribution in [0.15, 0.2) is 53.5 Å². The van der Waals surface area contributed by atoms with E-state index in [1.807, 2.05) is 42.8 Å². The first-order valence-electron chi connectivity index (χ1n) is 11.1. The number of H-pyrrole nitrogens is 1. The fourth-order valence-corrected chi connectivity index (χ4v) is 3.81. The van der Waals surface area contributed by atoms with Gasteiger partial charge in [-0.25, -0.2) is 4.99 Å². The van der Waals surface area contributed by atoms with Crippen molar-refractivity contribution in [1.29, 1.82) is 0 Å². The number of benzene rings is 2. The van der Waals surface area contributed by atoms with Crippen molar-refractivity contribution in [3.8, 4) is 5.75 Å². The van der Waals surface area contributed by atoms with Gasteiger partial charge in [-0.3, -0.25) is 0 Å². The zero-order valence-corrected chi connectivity index (χ0v) is 19.6. The number of para-hydroxylation sites is 1. The molecule has 0 bridgehead atoms. The highest BCUT2D eigenvalue weighted by molar-refractivity contribution is 5.84. The van der Waals surface area contributed by atoms with E-state index in [4.69, 9.17) is 9.73 Å². The molecular formula is C25H31N7O. The van der Waals surface area contributed by atoms with Gasteiger partial charge in [-0.05, 0) is 49.6 Å². The van der Waals surface area contributed by atoms with Crippen molar-refractivity contribution in [1.82, 2.24) is 30.4 Å². The van der Waals surface area contributed by atoms with E-state index in [1.54, 1.807) is 7.11 Å². The molecule has 0 aliphatic carbocycles. The molecule has 2 heterocycles. The van der Waals surface area contributed by atoms with E-state index in [0.717, 1.165) is 41.9 Å². The van der Waals surface area contributed by atoms with Crippen LogP contribution in [0.5, 0.6) is 5.75 Å². The Balaban J connectivity index is 1.44. The first kappa shape index (κ1) is 22.4. The number of fused-ring (bicyclic) bond motifs is 1. The van der Waals surface area contributed by atoms with Gasteiger partial charge in [0, 0.05) is 30.2 Å². The Labute approximate surface area is 194 Å². The smallest absolute Gasteiger partial charge is 0.191 e. The molecule has 2 aromatic carbocycles. The molecule has 8 nitrogen and oxygen atoms in total. The quantitative estimate of drug-likeness (QED) is 0.286. The first-order chi connectivity index (χ1) is 16.0. The summed E-state index contributed by atoms with van der Waals surface area (Å²) < 4.78 is 7.22. The Kier molecular flexibility index (Phi) is 6.92. The van der Waals surface area contributed by atoms with Crippen molar-refractivity contribution in [3.05, 3.63) is 77.0 Å². The molecule has 0 fully saturated rings. The second-order valence-corrected chi connectivity index (χ2v) is 8.04. The number of methoxy groups -OCH3 is 1. The number of hydrogen-bond acceptors (Lipinski definition) is 4. The van der Waals surface area contributed by atoms with Crippen LogP contribution in [0.4, 0.5) is 0 Å². The fourth-order valence-electron chi connectivity index (χ4n) is 3.81. The summed E-state index contributed by atoms with van der Waals surface area (Å²) in [5.41, 5.74) is 4.82. The molecule has 3 N–H and O–H groups in total. The van der Waals surface area contributed by atoms with Crippen LogP contribution in [0, 0.1) is 13.8 Å². The van der Waals surface area contributed by atoms with E-state index in [0.29, 0.717) is 13.1 Å². The Morgan fingerprint density at radius 2 is 1.85 bits per heavy atom. The normalized spacial score (nSPS) is 11.7. The summed E-state index contributed by atoms with van der Waals surface area (Å²) in [5.74, 6) is 3.32. The second-order valence-electron chi connectivity index (χ2n) is 8.04. The van der Waals surface area contributed by atoms with Crippen molar-refractivity contribution >= 4 is 16.9 Å². The van der Waals surface area contributed by atoms with Gasteiger partial charge in [0.2, 0.25) is 0 Å². The van der Waals surface area contributed by atoms with E-state index in [9.17, 15) is 0 Å². The van der Waals surface area contributed by atoms with Crippen LogP contribution in [0.25, 0.3) is 10.9 Å². The van der Waals surface area contributed by atoms with Crippen LogP contribution in [-0.4, -0.2) is 39.4 Å². The van der Waals surface area contributed by atoms with Crippen LogP contribution in [0.1, 0.15) is 28.5 Å². The molecule has 172 valence electrons. The van der Waals surface area contributed by atoms with E-state index in [2.05, 4.69) is 57.0 Å². The molecule has 0 saturated carbocycles. The first-order valence-corrected chi connectivity index (χ1v) is 11.1. The Bertz CT molecular complexity index is 1240. The predicted molar refractivity (Wildman–Crippen MR) is 131 cm³/mol. The van der Waals surface area contributed by atoms with Crippen molar-refractivity contribution in [2.24, 2.45) is 12.0 Å². The Morgan fingerprint density at radius 3 is 2.58 bits per heavy atom. The summed E-state index contributed by atoms with van der Waals surface area (Å²) in [4.78, 5) is 8.27. The minimum Gasteiger partial charge on any atom is -0.497 e. The van der Waals surface area contributed by atoms with Gasteiger partial charge in [0.15, 0.2) is 11.8 Å². The zero-order valence-electron chi connectivity index (χ0n) is 19.6. The predicted octanol–water partition coefficient (Wildman–Crippen LogP) is 3.40. The van der Waals surface area contributed by atoms with E-state index in [1.165, 1.54) is 22.2 Å². The van der Waals surface area contributed by atoms with Crippen molar-refractivity contribution in [2.45, 2.75) is 33.4 Å². The minimum absolute atomic E-state index is 0.540. The third-order valence-electron chi connectivity index (χ3n) is 5.87. The van der Waals surface area contributed by atoms with Gasteiger partial charge in [-0.15, -0.1) is 10.2 Å². The number of rotatable bonds is 8. The van der Waals surface area contributed by atoms with E-state index in [-0.39, 0.29) is 0 Å². The van der Waals surface area contributed by atoms with Crippen LogP contribution in [0.3, 0.4) is 0 Å². The van der Waals surface area contributed by atoms with Gasteiger partial charge in [0.1, 0.15) is 11.6 Å². The number of hydrogen-bond donors (Lipinski definition) is 3. The summed E-state index contributed by atoms with van der Waals surface area (Å²) >= 11 is 0. The number of aryl methyl sites for hydroxylation is 2. The van der Waals surface area contributed by atoms with Crippen LogP contribution in [-0.2, 0) is 26.6 Å². The molecule has 0 atom stereocenters. The number of nitrogens with zero attached hydrogens (tertiary/aromatic N) is 4. The lowest BCUT2D eigenvalue weighted by molar-refractivity contribution is 0.414. The van der Waals surface area contributed by atoms with Crippen molar-refractivity contribution < 1.29 is 4.74 Å². The fraction of sp³-hybridized carbons (Fsp3) is 0.320. The maximum absolute atomic E-state index is 5.25. The highest BCUT2D eigenvalue weighted by atomic mass is 16.5. The molecule has 4 aromatic rings.